The lowest BCUT2D eigenvalue weighted by molar-refractivity contribution is -0.154. The number of esters is 1. The summed E-state index contributed by atoms with van der Waals surface area (Å²) in [5, 5.41) is 0. The fourth-order valence-electron chi connectivity index (χ4n) is 3.65. The molecule has 0 fully saturated rings. The van der Waals surface area contributed by atoms with E-state index in [1.165, 1.54) is 24.3 Å². The second-order valence-electron chi connectivity index (χ2n) is 9.14. The van der Waals surface area contributed by atoms with Gasteiger partial charge in [-0.3, -0.25) is 0 Å². The minimum Gasteiger partial charge on any atom is -0.482 e. The van der Waals surface area contributed by atoms with Crippen LogP contribution in [0.1, 0.15) is 25.0 Å². The molecule has 0 N–H and O–H groups in total. The molecule has 0 radical (unpaired) electrons. The largest absolute Gasteiger partial charge is 0.482 e. The van der Waals surface area contributed by atoms with Crippen LogP contribution in [0.15, 0.2) is 118 Å². The van der Waals surface area contributed by atoms with Crippen molar-refractivity contribution in [2.45, 2.75) is 40.3 Å². The molecule has 40 heavy (non-hydrogen) atoms. The van der Waals surface area contributed by atoms with Crippen LogP contribution in [-0.4, -0.2) is 18.2 Å². The summed E-state index contributed by atoms with van der Waals surface area (Å²) in [6.45, 7) is 2.81. The molecule has 0 saturated heterocycles. The van der Waals surface area contributed by atoms with Crippen LogP contribution in [0.25, 0.3) is 0 Å². The van der Waals surface area contributed by atoms with Gasteiger partial charge < -0.3 is 9.47 Å². The Hall–Kier alpha value is -4.22. The summed E-state index contributed by atoms with van der Waals surface area (Å²) < 4.78 is 62.7. The first-order valence-electron chi connectivity index (χ1n) is 12.2. The van der Waals surface area contributed by atoms with Crippen LogP contribution in [0, 0.1) is 17.7 Å². The summed E-state index contributed by atoms with van der Waals surface area (Å²) in [6, 6.07) is 28.1. The zero-order valence-electron chi connectivity index (χ0n) is 21.7. The van der Waals surface area contributed by atoms with Crippen LogP contribution in [-0.2, 0) is 26.6 Å². The number of alkyl halides is 3. The average Bonchev–Trinajstić information content (AvgIpc) is 2.93. The molecule has 4 aromatic rings. The Bertz CT molecular complexity index is 1490. The zero-order chi connectivity index (χ0) is 28.8. The van der Waals surface area contributed by atoms with E-state index < -0.39 is 34.2 Å². The third-order valence-corrected chi connectivity index (χ3v) is 7.76. The van der Waals surface area contributed by atoms with E-state index in [-0.39, 0.29) is 12.4 Å². The number of carbonyl (C=O) groups is 1. The van der Waals surface area contributed by atoms with Crippen molar-refractivity contribution in [3.05, 3.63) is 120 Å². The maximum atomic E-state index is 13.5. The molecule has 0 heterocycles. The molecule has 0 saturated carbocycles. The number of ether oxygens (including phenoxy) is 2. The predicted molar refractivity (Wildman–Crippen MR) is 145 cm³/mol. The van der Waals surface area contributed by atoms with Gasteiger partial charge in [-0.15, -0.1) is 0 Å². The van der Waals surface area contributed by atoms with Crippen molar-refractivity contribution in [1.29, 1.82) is 0 Å². The van der Waals surface area contributed by atoms with Crippen LogP contribution in [0.5, 0.6) is 5.75 Å². The van der Waals surface area contributed by atoms with Gasteiger partial charge in [0.2, 0.25) is 0 Å². The van der Waals surface area contributed by atoms with E-state index in [4.69, 9.17) is 9.47 Å². The Kier molecular flexibility index (Phi) is 8.86. The van der Waals surface area contributed by atoms with Crippen LogP contribution in [0.4, 0.5) is 17.6 Å². The summed E-state index contributed by atoms with van der Waals surface area (Å²) in [7, 11) is -0.466. The summed E-state index contributed by atoms with van der Waals surface area (Å²) in [5.41, 5.74) is -1.59. The third-order valence-electron chi connectivity index (χ3n) is 5.53. The molecule has 0 aliphatic carbocycles. The van der Waals surface area contributed by atoms with Crippen molar-refractivity contribution in [3.8, 4) is 17.6 Å². The number of carbonyl (C=O) groups excluding carboxylic acids is 1. The molecular formula is C32H25F4O3S+. The van der Waals surface area contributed by atoms with Gasteiger partial charge in [-0.05, 0) is 98.8 Å². The van der Waals surface area contributed by atoms with Crippen molar-refractivity contribution in [2.24, 2.45) is 0 Å². The Morgan fingerprint density at radius 3 is 1.90 bits per heavy atom. The first-order chi connectivity index (χ1) is 19.0. The molecule has 1 atom stereocenters. The van der Waals surface area contributed by atoms with Gasteiger partial charge in [-0.2, -0.15) is 13.2 Å². The van der Waals surface area contributed by atoms with Gasteiger partial charge in [-0.25, -0.2) is 9.18 Å². The van der Waals surface area contributed by atoms with Crippen LogP contribution < -0.4 is 4.74 Å². The lowest BCUT2D eigenvalue weighted by Crippen LogP contribution is -2.29. The monoisotopic (exact) mass is 565 g/mol. The second kappa shape index (κ2) is 12.3. The van der Waals surface area contributed by atoms with Crippen molar-refractivity contribution in [2.75, 3.05) is 6.61 Å². The topological polar surface area (TPSA) is 35.5 Å². The van der Waals surface area contributed by atoms with Gasteiger partial charge in [-0.1, -0.05) is 30.0 Å². The predicted octanol–water partition coefficient (Wildman–Crippen LogP) is 7.69. The Balaban J connectivity index is 1.38. The van der Waals surface area contributed by atoms with Gasteiger partial charge in [0.05, 0.1) is 16.5 Å². The highest BCUT2D eigenvalue weighted by Crippen LogP contribution is 2.32. The quantitative estimate of drug-likeness (QED) is 0.0998. The molecule has 4 aromatic carbocycles. The average molecular weight is 566 g/mol. The Labute approximate surface area is 233 Å². The van der Waals surface area contributed by atoms with Crippen molar-refractivity contribution in [3.63, 3.8) is 0 Å². The highest BCUT2D eigenvalue weighted by Gasteiger charge is 2.30. The standard InChI is InChI=1S/C32H25F4O3S/c1-31(2,21-20-23-8-10-24(11-9-23)32(34,35)36)39-30(37)22-38-26-14-18-29(19-15-26)40(27-6-4-3-5-7-27)28-16-12-25(33)13-17-28/h3-19H,22H2,1-2H3/q+1. The normalized spacial score (nSPS) is 12.2. The third kappa shape index (κ3) is 7.90. The zero-order valence-corrected chi connectivity index (χ0v) is 22.5. The van der Waals surface area contributed by atoms with E-state index in [2.05, 4.69) is 11.8 Å². The number of hydrogen-bond donors (Lipinski definition) is 0. The van der Waals surface area contributed by atoms with Crippen molar-refractivity contribution in [1.82, 2.24) is 0 Å². The highest BCUT2D eigenvalue weighted by molar-refractivity contribution is 7.97. The van der Waals surface area contributed by atoms with Crippen LogP contribution in [0.2, 0.25) is 0 Å². The van der Waals surface area contributed by atoms with E-state index in [1.807, 2.05) is 42.5 Å². The van der Waals surface area contributed by atoms with Gasteiger partial charge in [0.15, 0.2) is 26.9 Å². The molecule has 0 amide bonds. The minimum absolute atomic E-state index is 0.301. The summed E-state index contributed by atoms with van der Waals surface area (Å²) in [6.07, 6.45) is -4.42. The Morgan fingerprint density at radius 1 is 0.775 bits per heavy atom. The molecule has 204 valence electrons. The van der Waals surface area contributed by atoms with Crippen molar-refractivity contribution >= 4 is 16.9 Å². The molecule has 1 unspecified atom stereocenters. The number of halogens is 4. The fraction of sp³-hybridized carbons (Fsp3) is 0.156. The van der Waals surface area contributed by atoms with Crippen LogP contribution >= 0.6 is 0 Å². The molecule has 4 rings (SSSR count). The first kappa shape index (κ1) is 28.8. The first-order valence-corrected chi connectivity index (χ1v) is 13.4. The molecular weight excluding hydrogens is 540 g/mol. The molecule has 0 aliphatic rings. The van der Waals surface area contributed by atoms with Crippen LogP contribution in [0.3, 0.4) is 0 Å². The molecule has 8 heteroatoms. The molecule has 3 nitrogen and oxygen atoms in total. The lowest BCUT2D eigenvalue weighted by Gasteiger charge is -2.19. The smallest absolute Gasteiger partial charge is 0.416 e. The number of rotatable bonds is 7. The number of benzene rings is 4. The van der Waals surface area contributed by atoms with E-state index in [0.717, 1.165) is 26.8 Å². The Morgan fingerprint density at radius 2 is 1.32 bits per heavy atom. The summed E-state index contributed by atoms with van der Waals surface area (Å²) >= 11 is 0. The molecule has 0 aliphatic heterocycles. The highest BCUT2D eigenvalue weighted by atomic mass is 32.2. The van der Waals surface area contributed by atoms with E-state index in [1.54, 1.807) is 38.1 Å². The second-order valence-corrected chi connectivity index (χ2v) is 11.2. The fourth-order valence-corrected chi connectivity index (χ4v) is 5.72. The van der Waals surface area contributed by atoms with Gasteiger partial charge in [0.25, 0.3) is 0 Å². The number of hydrogen-bond acceptors (Lipinski definition) is 3. The van der Waals surface area contributed by atoms with E-state index in [9.17, 15) is 22.4 Å². The van der Waals surface area contributed by atoms with Crippen molar-refractivity contribution < 1.29 is 31.8 Å². The maximum absolute atomic E-state index is 13.5. The van der Waals surface area contributed by atoms with E-state index >= 15 is 0 Å². The molecule has 0 spiro atoms. The SMILES string of the molecule is CC(C)(C#Cc1ccc(C(F)(F)F)cc1)OC(=O)COc1ccc([S+](c2ccccc2)c2ccc(F)cc2)cc1. The summed E-state index contributed by atoms with van der Waals surface area (Å²) in [4.78, 5) is 15.4. The molecule has 0 bridgehead atoms. The minimum atomic E-state index is -4.42. The maximum Gasteiger partial charge on any atom is 0.416 e. The van der Waals surface area contributed by atoms with E-state index in [0.29, 0.717) is 11.3 Å². The lowest BCUT2D eigenvalue weighted by atomic mass is 10.1. The van der Waals surface area contributed by atoms with Gasteiger partial charge >= 0.3 is 12.1 Å². The van der Waals surface area contributed by atoms with Gasteiger partial charge in [0, 0.05) is 5.56 Å². The van der Waals surface area contributed by atoms with Gasteiger partial charge in [0.1, 0.15) is 11.6 Å². The molecule has 0 aromatic heterocycles. The summed E-state index contributed by atoms with van der Waals surface area (Å²) in [5.74, 6) is 5.01.